The Hall–Kier alpha value is -4.19. The molecule has 0 saturated carbocycles. The second-order valence-electron chi connectivity index (χ2n) is 6.98. The van der Waals surface area contributed by atoms with Crippen molar-refractivity contribution in [1.29, 1.82) is 0 Å². The average Bonchev–Trinajstić information content (AvgIpc) is 3.37. The van der Waals surface area contributed by atoms with Crippen LogP contribution in [0.3, 0.4) is 0 Å². The molecule has 2 N–H and O–H groups in total. The number of methoxy groups -OCH3 is 1. The lowest BCUT2D eigenvalue weighted by molar-refractivity contribution is -0.139. The molecule has 0 aliphatic carbocycles. The van der Waals surface area contributed by atoms with Crippen molar-refractivity contribution < 1.29 is 43.2 Å². The predicted molar refractivity (Wildman–Crippen MR) is 120 cm³/mol. The molecule has 3 amide bonds. The Morgan fingerprint density at radius 3 is 2.71 bits per heavy atom. The Kier molecular flexibility index (Phi) is 6.59. The number of hydrogen-bond donors (Lipinski definition) is 2. The Bertz CT molecular complexity index is 1210. The van der Waals surface area contributed by atoms with Gasteiger partial charge in [0.15, 0.2) is 29.6 Å². The van der Waals surface area contributed by atoms with Gasteiger partial charge >= 0.3 is 5.97 Å². The first-order valence-electron chi connectivity index (χ1n) is 9.81. The van der Waals surface area contributed by atoms with E-state index < -0.39 is 36.2 Å². The number of carbonyl (C=O) groups excluding carboxylic acids is 3. The number of nitrogens with one attached hydrogen (secondary N) is 1. The summed E-state index contributed by atoms with van der Waals surface area (Å²) >= 11 is 0.705. The lowest BCUT2D eigenvalue weighted by Crippen LogP contribution is -2.36. The average molecular weight is 486 g/mol. The number of hydrogen-bond acceptors (Lipinski definition) is 9. The smallest absolute Gasteiger partial charge is 0.341 e. The molecule has 0 atom stereocenters. The van der Waals surface area contributed by atoms with Crippen molar-refractivity contribution in [3.63, 3.8) is 0 Å². The van der Waals surface area contributed by atoms with Crippen LogP contribution >= 0.6 is 11.8 Å². The van der Waals surface area contributed by atoms with E-state index in [1.165, 1.54) is 25.3 Å². The van der Waals surface area contributed by atoms with Crippen molar-refractivity contribution >= 4 is 46.5 Å². The van der Waals surface area contributed by atoms with E-state index in [-0.39, 0.29) is 23.2 Å². The molecule has 2 aliphatic rings. The quantitative estimate of drug-likeness (QED) is 0.535. The van der Waals surface area contributed by atoms with E-state index in [1.807, 2.05) is 0 Å². The molecule has 2 heterocycles. The van der Waals surface area contributed by atoms with Crippen LogP contribution in [0.2, 0.25) is 0 Å². The second-order valence-corrected chi connectivity index (χ2v) is 7.97. The first-order valence-corrected chi connectivity index (χ1v) is 10.6. The van der Waals surface area contributed by atoms with Gasteiger partial charge in [-0.05, 0) is 47.7 Å². The second kappa shape index (κ2) is 9.75. The third-order valence-corrected chi connectivity index (χ3v) is 5.58. The largest absolute Gasteiger partial charge is 0.493 e. The highest BCUT2D eigenvalue weighted by Gasteiger charge is 2.36. The normalized spacial score (nSPS) is 15.6. The maximum absolute atomic E-state index is 12.7. The van der Waals surface area contributed by atoms with Crippen LogP contribution in [0.15, 0.2) is 41.3 Å². The van der Waals surface area contributed by atoms with Crippen LogP contribution < -0.4 is 24.3 Å². The van der Waals surface area contributed by atoms with Crippen LogP contribution in [-0.2, 0) is 14.4 Å². The topological polar surface area (TPSA) is 141 Å². The molecule has 2 aromatic carbocycles. The molecule has 1 fully saturated rings. The van der Waals surface area contributed by atoms with Crippen molar-refractivity contribution in [2.45, 2.75) is 0 Å². The summed E-state index contributed by atoms with van der Waals surface area (Å²) in [6.45, 7) is -0.898. The van der Waals surface area contributed by atoms with E-state index >= 15 is 0 Å². The molecule has 1 saturated heterocycles. The van der Waals surface area contributed by atoms with Crippen LogP contribution in [0.1, 0.15) is 5.56 Å². The van der Waals surface area contributed by atoms with Gasteiger partial charge in [0.1, 0.15) is 6.54 Å². The Morgan fingerprint density at radius 2 is 1.94 bits per heavy atom. The number of carboxylic acid groups (broad SMARTS) is 1. The summed E-state index contributed by atoms with van der Waals surface area (Å²) in [7, 11) is 1.39. The SMILES string of the molecule is COc1cc(/C=C2/SC(=O)N(CC(=O)Nc3ccc4c(c3)OCO4)C2=O)ccc1OCC(=O)O. The molecule has 2 aliphatic heterocycles. The highest BCUT2D eigenvalue weighted by atomic mass is 32.2. The number of amides is 3. The Balaban J connectivity index is 1.42. The van der Waals surface area contributed by atoms with Crippen LogP contribution in [0.4, 0.5) is 10.5 Å². The number of aliphatic carboxylic acids is 1. The molecule has 0 radical (unpaired) electrons. The summed E-state index contributed by atoms with van der Waals surface area (Å²) in [5, 5.41) is 10.8. The van der Waals surface area contributed by atoms with E-state index in [4.69, 9.17) is 24.1 Å². The number of carboxylic acids is 1. The van der Waals surface area contributed by atoms with Crippen molar-refractivity contribution in [1.82, 2.24) is 4.90 Å². The van der Waals surface area contributed by atoms with Crippen molar-refractivity contribution in [3.05, 3.63) is 46.9 Å². The number of anilines is 1. The molecule has 12 heteroatoms. The van der Waals surface area contributed by atoms with E-state index in [0.29, 0.717) is 34.5 Å². The highest BCUT2D eigenvalue weighted by Crippen LogP contribution is 2.36. The number of ether oxygens (including phenoxy) is 4. The summed E-state index contributed by atoms with van der Waals surface area (Å²) in [5.74, 6) is -0.769. The van der Waals surface area contributed by atoms with Gasteiger partial charge in [-0.1, -0.05) is 6.07 Å². The lowest BCUT2D eigenvalue weighted by atomic mass is 10.2. The van der Waals surface area contributed by atoms with Crippen LogP contribution in [-0.4, -0.2) is 60.1 Å². The van der Waals surface area contributed by atoms with Gasteiger partial charge < -0.3 is 29.4 Å². The monoisotopic (exact) mass is 486 g/mol. The third kappa shape index (κ3) is 5.07. The fourth-order valence-electron chi connectivity index (χ4n) is 3.14. The molecule has 0 spiro atoms. The number of fused-ring (bicyclic) bond motifs is 1. The van der Waals surface area contributed by atoms with Crippen molar-refractivity contribution in [2.24, 2.45) is 0 Å². The number of rotatable bonds is 8. The molecule has 2 aromatic rings. The molecule has 4 rings (SSSR count). The van der Waals surface area contributed by atoms with Gasteiger partial charge in [0.2, 0.25) is 12.7 Å². The van der Waals surface area contributed by atoms with Gasteiger partial charge in [-0.2, -0.15) is 0 Å². The van der Waals surface area contributed by atoms with E-state index in [1.54, 1.807) is 24.3 Å². The van der Waals surface area contributed by atoms with Gasteiger partial charge in [0.05, 0.1) is 12.0 Å². The first kappa shape index (κ1) is 23.0. The zero-order valence-electron chi connectivity index (χ0n) is 17.7. The summed E-state index contributed by atoms with van der Waals surface area (Å²) in [6, 6.07) is 9.47. The third-order valence-electron chi connectivity index (χ3n) is 4.67. The molecule has 0 bridgehead atoms. The highest BCUT2D eigenvalue weighted by molar-refractivity contribution is 8.18. The fourth-order valence-corrected chi connectivity index (χ4v) is 3.98. The van der Waals surface area contributed by atoms with Gasteiger partial charge in [-0.3, -0.25) is 19.3 Å². The number of benzene rings is 2. The minimum absolute atomic E-state index is 0.0970. The fraction of sp³-hybridized carbons (Fsp3) is 0.182. The number of carbonyl (C=O) groups is 4. The number of thioether (sulfide) groups is 1. The summed E-state index contributed by atoms with van der Waals surface area (Å²) in [6.07, 6.45) is 1.48. The molecule has 11 nitrogen and oxygen atoms in total. The molecule has 34 heavy (non-hydrogen) atoms. The van der Waals surface area contributed by atoms with Crippen LogP contribution in [0, 0.1) is 0 Å². The molecular formula is C22H18N2O9S. The zero-order valence-corrected chi connectivity index (χ0v) is 18.5. The maximum atomic E-state index is 12.7. The Morgan fingerprint density at radius 1 is 1.15 bits per heavy atom. The van der Waals surface area contributed by atoms with E-state index in [9.17, 15) is 19.2 Å². The number of imide groups is 1. The van der Waals surface area contributed by atoms with Crippen molar-refractivity contribution in [3.8, 4) is 23.0 Å². The van der Waals surface area contributed by atoms with Gasteiger partial charge in [-0.15, -0.1) is 0 Å². The maximum Gasteiger partial charge on any atom is 0.341 e. The summed E-state index contributed by atoms with van der Waals surface area (Å²) in [5.41, 5.74) is 0.962. The minimum Gasteiger partial charge on any atom is -0.493 e. The molecular weight excluding hydrogens is 468 g/mol. The molecule has 176 valence electrons. The van der Waals surface area contributed by atoms with Crippen LogP contribution in [0.5, 0.6) is 23.0 Å². The van der Waals surface area contributed by atoms with Gasteiger partial charge in [0, 0.05) is 11.8 Å². The standard InChI is InChI=1S/C22H18N2O9S/c1-30-16-6-12(2-4-14(16)31-10-20(26)27)7-18-21(28)24(22(29)34-18)9-19(25)23-13-3-5-15-17(8-13)33-11-32-15/h2-8H,9-11H2,1H3,(H,23,25)(H,26,27)/b18-7+. The van der Waals surface area contributed by atoms with Crippen molar-refractivity contribution in [2.75, 3.05) is 32.4 Å². The minimum atomic E-state index is -1.14. The van der Waals surface area contributed by atoms with E-state index in [2.05, 4.69) is 5.32 Å². The zero-order chi connectivity index (χ0) is 24.2. The number of nitrogens with zero attached hydrogens (tertiary/aromatic N) is 1. The Labute approximate surface area is 197 Å². The van der Waals surface area contributed by atoms with Gasteiger partial charge in [-0.25, -0.2) is 4.79 Å². The summed E-state index contributed by atoms with van der Waals surface area (Å²) < 4.78 is 20.8. The van der Waals surface area contributed by atoms with Gasteiger partial charge in [0.25, 0.3) is 11.1 Å². The summed E-state index contributed by atoms with van der Waals surface area (Å²) in [4.78, 5) is 49.2. The first-order chi connectivity index (χ1) is 16.3. The van der Waals surface area contributed by atoms with Crippen LogP contribution in [0.25, 0.3) is 6.08 Å². The van der Waals surface area contributed by atoms with E-state index in [0.717, 1.165) is 4.90 Å². The lowest BCUT2D eigenvalue weighted by Gasteiger charge is -2.12. The molecule has 0 unspecified atom stereocenters. The molecule has 0 aromatic heterocycles. The predicted octanol–water partition coefficient (Wildman–Crippen LogP) is 2.56.